The first-order valence-corrected chi connectivity index (χ1v) is 10.4. The summed E-state index contributed by atoms with van der Waals surface area (Å²) < 4.78 is 0. The molecule has 0 atom stereocenters. The van der Waals surface area contributed by atoms with Crippen LogP contribution in [0.3, 0.4) is 0 Å². The van der Waals surface area contributed by atoms with Gasteiger partial charge in [0.1, 0.15) is 11.4 Å². The van der Waals surface area contributed by atoms with E-state index >= 15 is 0 Å². The molecule has 1 fully saturated rings. The van der Waals surface area contributed by atoms with Crippen molar-refractivity contribution in [2.75, 3.05) is 5.32 Å². The molecule has 1 aromatic heterocycles. The molecule has 0 aliphatic heterocycles. The van der Waals surface area contributed by atoms with Gasteiger partial charge in [-0.15, -0.1) is 0 Å². The summed E-state index contributed by atoms with van der Waals surface area (Å²) in [4.78, 5) is 19.4. The highest BCUT2D eigenvalue weighted by molar-refractivity contribution is 6.12. The summed E-state index contributed by atoms with van der Waals surface area (Å²) in [5, 5.41) is 23.0. The van der Waals surface area contributed by atoms with E-state index in [1.165, 1.54) is 26.2 Å². The molecular weight excluding hydrogens is 404 g/mol. The van der Waals surface area contributed by atoms with Crippen molar-refractivity contribution in [1.29, 1.82) is 16.1 Å². The van der Waals surface area contributed by atoms with Crippen LogP contribution >= 0.6 is 0 Å². The van der Waals surface area contributed by atoms with Crippen LogP contribution in [0.5, 0.6) is 0 Å². The van der Waals surface area contributed by atoms with Gasteiger partial charge in [-0.1, -0.05) is 31.4 Å². The zero-order chi connectivity index (χ0) is 23.8. The van der Waals surface area contributed by atoms with Crippen LogP contribution in [0.4, 0.5) is 11.4 Å². The summed E-state index contributed by atoms with van der Waals surface area (Å²) in [6.07, 6.45) is 9.41. The van der Waals surface area contributed by atoms with E-state index in [0.717, 1.165) is 36.5 Å². The van der Waals surface area contributed by atoms with Gasteiger partial charge in [0.2, 0.25) is 0 Å². The third-order valence-electron chi connectivity index (χ3n) is 4.69. The average molecular weight is 437 g/mol. The average Bonchev–Trinajstić information content (AvgIpc) is 2.81. The molecule has 8 N–H and O–H groups in total. The number of rotatable bonds is 6. The van der Waals surface area contributed by atoms with Crippen molar-refractivity contribution in [3.05, 3.63) is 58.0 Å². The number of aromatic nitrogens is 1. The van der Waals surface area contributed by atoms with Crippen LogP contribution in [0.25, 0.3) is 0 Å². The Balaban J connectivity index is 0.000000645. The summed E-state index contributed by atoms with van der Waals surface area (Å²) in [5.74, 6) is 0.209. The second-order valence-corrected chi connectivity index (χ2v) is 7.00. The largest absolute Gasteiger partial charge is 0.383 e. The molecule has 0 amide bonds. The third kappa shape index (κ3) is 8.93. The number of H-pyrrole nitrogens is 1. The van der Waals surface area contributed by atoms with E-state index in [2.05, 4.69) is 15.3 Å². The van der Waals surface area contributed by atoms with Crippen molar-refractivity contribution >= 4 is 29.6 Å². The molecule has 1 heterocycles. The zero-order valence-corrected chi connectivity index (χ0v) is 18.4. The SMILES string of the molecule is CC#N.N=CC=N.NCc1ccc(N=C(N)c2c(NC3CCCCC3)cc[nH]c2=O)cc1. The van der Waals surface area contributed by atoms with Crippen LogP contribution in [0, 0.1) is 22.1 Å². The molecule has 0 spiro atoms. The van der Waals surface area contributed by atoms with E-state index in [1.807, 2.05) is 30.3 Å². The molecule has 0 unspecified atom stereocenters. The highest BCUT2D eigenvalue weighted by Crippen LogP contribution is 2.23. The predicted molar refractivity (Wildman–Crippen MR) is 131 cm³/mol. The Morgan fingerprint density at radius 1 is 1.22 bits per heavy atom. The Labute approximate surface area is 188 Å². The van der Waals surface area contributed by atoms with Crippen LogP contribution < -0.4 is 22.3 Å². The molecular formula is C23H32N8O. The van der Waals surface area contributed by atoms with Crippen molar-refractivity contribution in [2.24, 2.45) is 16.5 Å². The Bertz CT molecular complexity index is 961. The minimum atomic E-state index is -0.236. The number of benzene rings is 1. The minimum Gasteiger partial charge on any atom is -0.383 e. The molecule has 2 aromatic rings. The molecule has 0 saturated heterocycles. The van der Waals surface area contributed by atoms with Crippen LogP contribution in [-0.2, 0) is 6.54 Å². The Kier molecular flexibility index (Phi) is 12.4. The number of nitrogens with two attached hydrogens (primary N) is 2. The maximum Gasteiger partial charge on any atom is 0.261 e. The van der Waals surface area contributed by atoms with Gasteiger partial charge in [0, 0.05) is 38.1 Å². The number of amidine groups is 1. The molecule has 170 valence electrons. The summed E-state index contributed by atoms with van der Waals surface area (Å²) in [5.41, 5.74) is 14.4. The number of aliphatic imine (C=N–C) groups is 1. The first-order chi connectivity index (χ1) is 15.5. The monoisotopic (exact) mass is 436 g/mol. The van der Waals surface area contributed by atoms with Gasteiger partial charge in [-0.25, -0.2) is 4.99 Å². The van der Waals surface area contributed by atoms with E-state index in [0.29, 0.717) is 23.8 Å². The molecule has 1 aliphatic carbocycles. The quantitative estimate of drug-likeness (QED) is 0.299. The zero-order valence-electron chi connectivity index (χ0n) is 18.4. The fraction of sp³-hybridized carbons (Fsp3) is 0.348. The lowest BCUT2D eigenvalue weighted by atomic mass is 9.95. The number of nitrogens with one attached hydrogen (secondary N) is 4. The lowest BCUT2D eigenvalue weighted by molar-refractivity contribution is 0.462. The minimum absolute atomic E-state index is 0.209. The lowest BCUT2D eigenvalue weighted by Crippen LogP contribution is -2.29. The number of nitrogens with zero attached hydrogens (tertiary/aromatic N) is 2. The third-order valence-corrected chi connectivity index (χ3v) is 4.69. The van der Waals surface area contributed by atoms with Crippen molar-refractivity contribution < 1.29 is 0 Å². The first-order valence-electron chi connectivity index (χ1n) is 10.4. The number of nitriles is 1. The molecule has 3 rings (SSSR count). The smallest absolute Gasteiger partial charge is 0.261 e. The molecule has 9 nitrogen and oxygen atoms in total. The van der Waals surface area contributed by atoms with Crippen LogP contribution in [-0.4, -0.2) is 29.3 Å². The summed E-state index contributed by atoms with van der Waals surface area (Å²) in [6.45, 7) is 1.91. The maximum atomic E-state index is 12.3. The fourth-order valence-corrected chi connectivity index (χ4v) is 3.22. The van der Waals surface area contributed by atoms with Crippen LogP contribution in [0.15, 0.2) is 46.3 Å². The van der Waals surface area contributed by atoms with E-state index in [9.17, 15) is 4.79 Å². The lowest BCUT2D eigenvalue weighted by Gasteiger charge is -2.24. The number of aromatic amines is 1. The van der Waals surface area contributed by atoms with Gasteiger partial charge in [0.25, 0.3) is 5.56 Å². The topological polar surface area (TPSA) is 181 Å². The molecule has 0 bridgehead atoms. The number of hydrogen-bond acceptors (Lipinski definition) is 7. The van der Waals surface area contributed by atoms with Gasteiger partial charge >= 0.3 is 0 Å². The molecule has 1 saturated carbocycles. The summed E-state index contributed by atoms with van der Waals surface area (Å²) in [7, 11) is 0. The maximum absolute atomic E-state index is 12.3. The number of hydrogen-bond donors (Lipinski definition) is 6. The molecule has 0 radical (unpaired) electrons. The van der Waals surface area contributed by atoms with Crippen molar-refractivity contribution in [1.82, 2.24) is 4.98 Å². The number of anilines is 1. The Morgan fingerprint density at radius 2 is 1.81 bits per heavy atom. The van der Waals surface area contributed by atoms with E-state index in [4.69, 9.17) is 27.5 Å². The van der Waals surface area contributed by atoms with Gasteiger partial charge in [-0.3, -0.25) is 4.79 Å². The normalized spacial score (nSPS) is 13.3. The van der Waals surface area contributed by atoms with Crippen molar-refractivity contribution in [3.8, 4) is 6.07 Å². The van der Waals surface area contributed by atoms with E-state index in [-0.39, 0.29) is 11.4 Å². The molecule has 9 heteroatoms. The number of pyridine rings is 1. The van der Waals surface area contributed by atoms with Crippen molar-refractivity contribution in [2.45, 2.75) is 51.6 Å². The molecule has 32 heavy (non-hydrogen) atoms. The van der Waals surface area contributed by atoms with Crippen molar-refractivity contribution in [3.63, 3.8) is 0 Å². The fourth-order valence-electron chi connectivity index (χ4n) is 3.22. The standard InChI is InChI=1S/C19H25N5O.C2H4N2.C2H3N/c20-12-13-6-8-15(9-7-13)24-18(21)17-16(10-11-22-19(17)25)23-14-4-2-1-3-5-14;3-1-2-4;1-2-3/h6-11,14H,1-5,12,20H2,(H2,21,24)(H2,22,23,25);1-4H;1H3. The van der Waals surface area contributed by atoms with E-state index < -0.39 is 0 Å². The second-order valence-electron chi connectivity index (χ2n) is 7.00. The van der Waals surface area contributed by atoms with Gasteiger partial charge in [0.15, 0.2) is 0 Å². The Hall–Kier alpha value is -3.77. The van der Waals surface area contributed by atoms with E-state index in [1.54, 1.807) is 12.3 Å². The van der Waals surface area contributed by atoms with Crippen LogP contribution in [0.1, 0.15) is 50.2 Å². The van der Waals surface area contributed by atoms with Gasteiger partial charge in [-0.05, 0) is 36.6 Å². The van der Waals surface area contributed by atoms with Gasteiger partial charge in [0.05, 0.1) is 17.4 Å². The highest BCUT2D eigenvalue weighted by atomic mass is 16.1. The first kappa shape index (κ1) is 26.3. The van der Waals surface area contributed by atoms with Gasteiger partial charge < -0.3 is 32.6 Å². The van der Waals surface area contributed by atoms with Gasteiger partial charge in [-0.2, -0.15) is 5.26 Å². The summed E-state index contributed by atoms with van der Waals surface area (Å²) in [6, 6.07) is 11.5. The molecule has 1 aliphatic rings. The second kappa shape index (κ2) is 15.1. The Morgan fingerprint density at radius 3 is 2.34 bits per heavy atom. The van der Waals surface area contributed by atoms with Crippen LogP contribution in [0.2, 0.25) is 0 Å². The summed E-state index contributed by atoms with van der Waals surface area (Å²) >= 11 is 0. The molecule has 1 aromatic carbocycles. The highest BCUT2D eigenvalue weighted by Gasteiger charge is 2.17. The predicted octanol–water partition coefficient (Wildman–Crippen LogP) is 3.43.